The van der Waals surface area contributed by atoms with E-state index in [0.29, 0.717) is 32.2 Å². The molecule has 0 atom stereocenters. The fraction of sp³-hybridized carbons (Fsp3) is 0.429. The minimum atomic E-state index is 0.528. The van der Waals surface area contributed by atoms with Gasteiger partial charge in [-0.25, -0.2) is 9.50 Å². The summed E-state index contributed by atoms with van der Waals surface area (Å²) in [4.78, 5) is 6.93. The molecular weight excluding hydrogens is 356 g/mol. The first-order valence-electron chi connectivity index (χ1n) is 9.50. The van der Waals surface area contributed by atoms with Gasteiger partial charge >= 0.3 is 0 Å². The van der Waals surface area contributed by atoms with E-state index in [1.165, 1.54) is 0 Å². The molecule has 0 N–H and O–H groups in total. The van der Waals surface area contributed by atoms with Gasteiger partial charge in [-0.1, -0.05) is 6.92 Å². The Kier molecular flexibility index (Phi) is 6.84. The minimum absolute atomic E-state index is 0.528. The average molecular weight is 384 g/mol. The molecule has 0 fully saturated rings. The highest BCUT2D eigenvalue weighted by atomic mass is 16.5. The van der Waals surface area contributed by atoms with Gasteiger partial charge in [0.15, 0.2) is 5.65 Å². The zero-order valence-corrected chi connectivity index (χ0v) is 17.0. The largest absolute Gasteiger partial charge is 0.491 e. The summed E-state index contributed by atoms with van der Waals surface area (Å²) < 4.78 is 18.3. The normalized spacial score (nSPS) is 11.3. The topological polar surface area (TPSA) is 61.1 Å². The Morgan fingerprint density at radius 3 is 2.43 bits per heavy atom. The van der Waals surface area contributed by atoms with Gasteiger partial charge in [0, 0.05) is 25.3 Å². The Morgan fingerprint density at radius 1 is 0.964 bits per heavy atom. The second-order valence-electron chi connectivity index (χ2n) is 6.80. The first-order valence-corrected chi connectivity index (χ1v) is 9.50. The average Bonchev–Trinajstić information content (AvgIpc) is 3.04. The van der Waals surface area contributed by atoms with Crippen molar-refractivity contribution in [3.05, 3.63) is 42.1 Å². The van der Waals surface area contributed by atoms with Crippen LogP contribution in [0.5, 0.6) is 11.6 Å². The van der Waals surface area contributed by atoms with Crippen molar-refractivity contribution in [2.75, 3.05) is 41.0 Å². The van der Waals surface area contributed by atoms with Crippen LogP contribution in [0.3, 0.4) is 0 Å². The van der Waals surface area contributed by atoms with E-state index in [1.807, 2.05) is 55.0 Å². The summed E-state index contributed by atoms with van der Waals surface area (Å²) in [6, 6.07) is 11.8. The van der Waals surface area contributed by atoms with Gasteiger partial charge < -0.3 is 19.1 Å². The number of hydrogen-bond acceptors (Lipinski definition) is 6. The van der Waals surface area contributed by atoms with Crippen LogP contribution in [0.25, 0.3) is 16.9 Å². The van der Waals surface area contributed by atoms with E-state index in [9.17, 15) is 0 Å². The summed E-state index contributed by atoms with van der Waals surface area (Å²) in [5.74, 6) is 1.42. The van der Waals surface area contributed by atoms with Crippen LogP contribution >= 0.6 is 0 Å². The van der Waals surface area contributed by atoms with Crippen LogP contribution in [0.2, 0.25) is 0 Å². The van der Waals surface area contributed by atoms with Crippen molar-refractivity contribution in [3.8, 4) is 22.9 Å². The lowest BCUT2D eigenvalue weighted by Crippen LogP contribution is -2.14. The Morgan fingerprint density at radius 2 is 1.75 bits per heavy atom. The van der Waals surface area contributed by atoms with Gasteiger partial charge in [0.1, 0.15) is 12.4 Å². The number of imidazole rings is 1. The van der Waals surface area contributed by atoms with Gasteiger partial charge in [0.2, 0.25) is 5.88 Å². The molecule has 7 nitrogen and oxygen atoms in total. The maximum atomic E-state index is 5.70. The third kappa shape index (κ3) is 4.79. The number of aromatic nitrogens is 3. The summed E-state index contributed by atoms with van der Waals surface area (Å²) in [6.45, 7) is 4.53. The molecular formula is C21H28N4O3. The minimum Gasteiger partial charge on any atom is -0.491 e. The highest BCUT2D eigenvalue weighted by Crippen LogP contribution is 2.27. The van der Waals surface area contributed by atoms with Gasteiger partial charge in [0.05, 0.1) is 24.6 Å². The molecule has 28 heavy (non-hydrogen) atoms. The quantitative estimate of drug-likeness (QED) is 0.500. The van der Waals surface area contributed by atoms with E-state index in [4.69, 9.17) is 19.2 Å². The number of benzene rings is 1. The zero-order chi connectivity index (χ0) is 19.9. The molecule has 2 heterocycles. The first kappa shape index (κ1) is 20.1. The molecule has 7 heteroatoms. The Labute approximate surface area is 165 Å². The number of methoxy groups -OCH3 is 1. The Balaban J connectivity index is 1.94. The van der Waals surface area contributed by atoms with E-state index in [0.717, 1.165) is 34.8 Å². The van der Waals surface area contributed by atoms with Crippen molar-refractivity contribution >= 4 is 5.65 Å². The molecule has 3 aromatic rings. The van der Waals surface area contributed by atoms with Crippen LogP contribution in [0, 0.1) is 0 Å². The second-order valence-corrected chi connectivity index (χ2v) is 6.80. The predicted molar refractivity (Wildman–Crippen MR) is 109 cm³/mol. The van der Waals surface area contributed by atoms with Crippen molar-refractivity contribution in [1.29, 1.82) is 0 Å². The van der Waals surface area contributed by atoms with Crippen LogP contribution in [0.15, 0.2) is 36.4 Å². The first-order chi connectivity index (χ1) is 13.6. The molecule has 3 rings (SSSR count). The molecule has 0 saturated carbocycles. The zero-order valence-electron chi connectivity index (χ0n) is 17.0. The third-order valence-corrected chi connectivity index (χ3v) is 4.15. The van der Waals surface area contributed by atoms with Gasteiger partial charge in [-0.3, -0.25) is 0 Å². The second kappa shape index (κ2) is 9.52. The molecule has 0 bridgehead atoms. The molecule has 0 aliphatic heterocycles. The molecule has 0 spiro atoms. The summed E-state index contributed by atoms with van der Waals surface area (Å²) in [5.41, 5.74) is 3.76. The van der Waals surface area contributed by atoms with Gasteiger partial charge in [0.25, 0.3) is 0 Å². The molecule has 150 valence electrons. The summed E-state index contributed by atoms with van der Waals surface area (Å²) in [6.07, 6.45) is 0.943. The predicted octanol–water partition coefficient (Wildman–Crippen LogP) is 3.27. The maximum absolute atomic E-state index is 5.70. The fourth-order valence-corrected chi connectivity index (χ4v) is 2.87. The number of ether oxygens (including phenoxy) is 3. The van der Waals surface area contributed by atoms with Crippen molar-refractivity contribution in [1.82, 2.24) is 19.5 Å². The molecule has 0 aliphatic carbocycles. The smallest absolute Gasteiger partial charge is 0.231 e. The molecule has 0 aliphatic rings. The summed E-state index contributed by atoms with van der Waals surface area (Å²) in [7, 11) is 5.73. The lowest BCUT2D eigenvalue weighted by Gasteiger charge is -2.12. The van der Waals surface area contributed by atoms with Crippen LogP contribution < -0.4 is 9.47 Å². The van der Waals surface area contributed by atoms with Crippen molar-refractivity contribution in [2.45, 2.75) is 19.9 Å². The molecule has 1 aromatic carbocycles. The number of hydrogen-bond donors (Lipinski definition) is 0. The van der Waals surface area contributed by atoms with Crippen LogP contribution in [-0.2, 0) is 11.3 Å². The lowest BCUT2D eigenvalue weighted by atomic mass is 10.1. The van der Waals surface area contributed by atoms with Gasteiger partial charge in [-0.2, -0.15) is 0 Å². The molecule has 2 aromatic heterocycles. The Bertz CT molecular complexity index is 891. The summed E-state index contributed by atoms with van der Waals surface area (Å²) >= 11 is 0. The number of rotatable bonds is 10. The molecule has 0 amide bonds. The molecule has 0 unspecified atom stereocenters. The van der Waals surface area contributed by atoms with Crippen LogP contribution in [0.1, 0.15) is 19.0 Å². The maximum Gasteiger partial charge on any atom is 0.231 e. The summed E-state index contributed by atoms with van der Waals surface area (Å²) in [5, 5.41) is 4.65. The van der Waals surface area contributed by atoms with E-state index in [2.05, 4.69) is 16.9 Å². The fourth-order valence-electron chi connectivity index (χ4n) is 2.87. The standard InChI is InChI=1S/C21H28N4O3/c1-5-12-28-20-11-10-19-22-21(18(15-24(2)3)25(19)23-20)16-6-8-17(9-7-16)27-14-13-26-4/h6-11H,5,12-15H2,1-4H3. The highest BCUT2D eigenvalue weighted by molar-refractivity contribution is 5.67. The SMILES string of the molecule is CCCOc1ccc2nc(-c3ccc(OCCOC)cc3)c(CN(C)C)n2n1. The van der Waals surface area contributed by atoms with E-state index < -0.39 is 0 Å². The number of fused-ring (bicyclic) bond motifs is 1. The molecule has 0 radical (unpaired) electrons. The third-order valence-electron chi connectivity index (χ3n) is 4.15. The monoisotopic (exact) mass is 384 g/mol. The molecule has 0 saturated heterocycles. The van der Waals surface area contributed by atoms with E-state index in [-0.39, 0.29) is 0 Å². The van der Waals surface area contributed by atoms with Gasteiger partial charge in [-0.15, -0.1) is 5.10 Å². The van der Waals surface area contributed by atoms with Crippen molar-refractivity contribution < 1.29 is 14.2 Å². The van der Waals surface area contributed by atoms with E-state index >= 15 is 0 Å². The van der Waals surface area contributed by atoms with Gasteiger partial charge in [-0.05, 0) is 50.8 Å². The number of nitrogens with zero attached hydrogens (tertiary/aromatic N) is 4. The highest BCUT2D eigenvalue weighted by Gasteiger charge is 2.16. The van der Waals surface area contributed by atoms with Crippen LogP contribution in [0.4, 0.5) is 0 Å². The lowest BCUT2D eigenvalue weighted by molar-refractivity contribution is 0.146. The van der Waals surface area contributed by atoms with Crippen molar-refractivity contribution in [2.24, 2.45) is 0 Å². The van der Waals surface area contributed by atoms with E-state index in [1.54, 1.807) is 7.11 Å². The Hall–Kier alpha value is -2.64. The van der Waals surface area contributed by atoms with Crippen molar-refractivity contribution in [3.63, 3.8) is 0 Å². The van der Waals surface area contributed by atoms with Crippen LogP contribution in [-0.4, -0.2) is 60.5 Å².